The molecule has 2 N–H and O–H groups in total. The fourth-order valence-corrected chi connectivity index (χ4v) is 1.95. The monoisotopic (exact) mass is 318 g/mol. The van der Waals surface area contributed by atoms with Crippen LogP contribution in [0.25, 0.3) is 0 Å². The summed E-state index contributed by atoms with van der Waals surface area (Å²) < 4.78 is 0. The number of aliphatic carboxylic acids is 1. The number of carboxylic acids is 1. The number of alkyl halides is 1. The number of hydrogen-bond donors (Lipinski definition) is 3. The van der Waals surface area contributed by atoms with Gasteiger partial charge in [0, 0.05) is 10.5 Å². The van der Waals surface area contributed by atoms with E-state index in [4.69, 9.17) is 5.11 Å². The molecule has 0 spiro atoms. The van der Waals surface area contributed by atoms with Crippen molar-refractivity contribution >= 4 is 40.3 Å². The summed E-state index contributed by atoms with van der Waals surface area (Å²) in [5, 5.41) is 18.1. The highest BCUT2D eigenvalue weighted by Crippen LogP contribution is 2.29. The van der Waals surface area contributed by atoms with Crippen molar-refractivity contribution in [1.82, 2.24) is 0 Å². The molecular weight excluding hydrogens is 308 g/mol. The van der Waals surface area contributed by atoms with E-state index in [1.807, 2.05) is 0 Å². The fourth-order valence-electron chi connectivity index (χ4n) is 1.32. The molecule has 6 heteroatoms. The highest BCUT2D eigenvalue weighted by Gasteiger charge is 2.20. The smallest absolute Gasteiger partial charge is 0.337 e. The van der Waals surface area contributed by atoms with Crippen LogP contribution in [-0.4, -0.2) is 22.0 Å². The molecule has 0 bridgehead atoms. The summed E-state index contributed by atoms with van der Waals surface area (Å²) >= 11 is 7.32. The third kappa shape index (κ3) is 3.31. The molecule has 0 aliphatic heterocycles. The van der Waals surface area contributed by atoms with E-state index in [0.29, 0.717) is 10.5 Å². The average Bonchev–Trinajstić information content (AvgIpc) is 2.26. The Morgan fingerprint density at radius 1 is 1.41 bits per heavy atom. The van der Waals surface area contributed by atoms with Gasteiger partial charge in [0.2, 0.25) is 0 Å². The number of ketones is 1. The van der Waals surface area contributed by atoms with Crippen LogP contribution < -0.4 is 0 Å². The number of rotatable bonds is 4. The highest BCUT2D eigenvalue weighted by molar-refractivity contribution is 9.09. The maximum Gasteiger partial charge on any atom is 0.337 e. The Balaban J connectivity index is 3.10. The van der Waals surface area contributed by atoms with Crippen LogP contribution in [0.5, 0.6) is 0 Å². The van der Waals surface area contributed by atoms with Crippen molar-refractivity contribution in [2.75, 3.05) is 0 Å². The van der Waals surface area contributed by atoms with Crippen molar-refractivity contribution in [3.63, 3.8) is 0 Å². The van der Waals surface area contributed by atoms with Crippen molar-refractivity contribution in [2.45, 2.75) is 22.8 Å². The molecule has 0 saturated carbocycles. The van der Waals surface area contributed by atoms with E-state index in [0.717, 1.165) is 0 Å². The van der Waals surface area contributed by atoms with Gasteiger partial charge in [0.15, 0.2) is 6.10 Å². The molecule has 0 aliphatic carbocycles. The first-order valence-corrected chi connectivity index (χ1v) is 6.09. The first kappa shape index (κ1) is 14.2. The lowest BCUT2D eigenvalue weighted by atomic mass is 10.0. The number of aliphatic hydroxyl groups excluding tert-OH is 1. The summed E-state index contributed by atoms with van der Waals surface area (Å²) in [6, 6.07) is 4.60. The Hall–Kier alpha value is -0.850. The van der Waals surface area contributed by atoms with E-state index >= 15 is 0 Å². The van der Waals surface area contributed by atoms with E-state index < -0.39 is 16.9 Å². The van der Waals surface area contributed by atoms with Gasteiger partial charge in [-0.15, -0.1) is 12.6 Å². The van der Waals surface area contributed by atoms with E-state index in [-0.39, 0.29) is 11.3 Å². The van der Waals surface area contributed by atoms with Crippen molar-refractivity contribution in [1.29, 1.82) is 0 Å². The van der Waals surface area contributed by atoms with Crippen molar-refractivity contribution in [2.24, 2.45) is 0 Å². The molecule has 92 valence electrons. The van der Waals surface area contributed by atoms with Gasteiger partial charge >= 0.3 is 5.97 Å². The fraction of sp³-hybridized carbons (Fsp3) is 0.273. The van der Waals surface area contributed by atoms with E-state index in [1.54, 1.807) is 12.1 Å². The molecule has 0 aliphatic rings. The Bertz CT molecular complexity index is 461. The molecule has 4 nitrogen and oxygen atoms in total. The van der Waals surface area contributed by atoms with Crippen LogP contribution in [0.3, 0.4) is 0 Å². The summed E-state index contributed by atoms with van der Waals surface area (Å²) in [6.07, 6.45) is -1.61. The predicted molar refractivity (Wildman–Crippen MR) is 68.6 cm³/mol. The lowest BCUT2D eigenvalue weighted by molar-refractivity contribution is -0.147. The summed E-state index contributed by atoms with van der Waals surface area (Å²) in [7, 11) is 0. The van der Waals surface area contributed by atoms with Crippen LogP contribution in [0.4, 0.5) is 0 Å². The molecule has 1 aromatic carbocycles. The molecule has 0 heterocycles. The van der Waals surface area contributed by atoms with Gasteiger partial charge in [-0.1, -0.05) is 28.1 Å². The maximum absolute atomic E-state index is 11.2. The molecule has 0 amide bonds. The third-order valence-corrected chi connectivity index (χ3v) is 3.79. The Labute approximate surface area is 112 Å². The second-order valence-corrected chi connectivity index (χ2v) is 4.93. The quantitative estimate of drug-likeness (QED) is 0.587. The van der Waals surface area contributed by atoms with Crippen LogP contribution in [0, 0.1) is 0 Å². The first-order valence-electron chi connectivity index (χ1n) is 4.72. The lowest BCUT2D eigenvalue weighted by Crippen LogP contribution is -2.11. The Kier molecular flexibility index (Phi) is 4.73. The third-order valence-electron chi connectivity index (χ3n) is 2.23. The lowest BCUT2D eigenvalue weighted by Gasteiger charge is -2.12. The zero-order valence-electron chi connectivity index (χ0n) is 8.92. The van der Waals surface area contributed by atoms with Gasteiger partial charge in [-0.2, -0.15) is 0 Å². The summed E-state index contributed by atoms with van der Waals surface area (Å²) in [6.45, 7) is 1.44. The molecule has 2 unspecified atom stereocenters. The number of benzene rings is 1. The predicted octanol–water partition coefficient (Wildman–Crippen LogP) is 2.12. The minimum absolute atomic E-state index is 0.0655. The minimum atomic E-state index is -1.61. The Morgan fingerprint density at radius 2 is 2.00 bits per heavy atom. The molecule has 17 heavy (non-hydrogen) atoms. The number of aliphatic hydroxyl groups is 1. The second-order valence-electron chi connectivity index (χ2n) is 3.53. The van der Waals surface area contributed by atoms with Crippen molar-refractivity contribution in [3.8, 4) is 0 Å². The molecule has 2 atom stereocenters. The van der Waals surface area contributed by atoms with E-state index in [9.17, 15) is 14.7 Å². The van der Waals surface area contributed by atoms with Crippen molar-refractivity contribution < 1.29 is 19.8 Å². The van der Waals surface area contributed by atoms with E-state index in [2.05, 4.69) is 28.6 Å². The normalized spacial score (nSPS) is 14.1. The van der Waals surface area contributed by atoms with Gasteiger partial charge in [-0.25, -0.2) is 4.79 Å². The summed E-state index contributed by atoms with van der Waals surface area (Å²) in [5.74, 6) is -1.40. The minimum Gasteiger partial charge on any atom is -0.479 e. The maximum atomic E-state index is 11.2. The number of carboxylic acid groups (broad SMARTS) is 1. The molecule has 0 radical (unpaired) electrons. The van der Waals surface area contributed by atoms with Gasteiger partial charge in [0.05, 0.1) is 4.83 Å². The molecule has 1 aromatic rings. The largest absolute Gasteiger partial charge is 0.479 e. The van der Waals surface area contributed by atoms with Gasteiger partial charge in [0.25, 0.3) is 0 Å². The Morgan fingerprint density at radius 3 is 2.41 bits per heavy atom. The molecular formula is C11H11BrO4S. The number of carbonyl (C=O) groups excluding carboxylic acids is 1. The zero-order valence-corrected chi connectivity index (χ0v) is 11.4. The molecule has 1 rings (SSSR count). The zero-order chi connectivity index (χ0) is 13.2. The number of thiol groups is 1. The standard InChI is InChI=1S/C11H11BrO4S/c1-5(13)9(12)6-2-3-7(8(17)4-6)10(14)11(15)16/h2-4,9-10,14,17H,1H3,(H,15,16). The topological polar surface area (TPSA) is 74.6 Å². The molecule has 0 fully saturated rings. The number of carbonyl (C=O) groups is 2. The summed E-state index contributed by atoms with van der Waals surface area (Å²) in [4.78, 5) is 21.7. The average molecular weight is 319 g/mol. The number of hydrogen-bond acceptors (Lipinski definition) is 4. The van der Waals surface area contributed by atoms with Crippen molar-refractivity contribution in [3.05, 3.63) is 29.3 Å². The number of Topliss-reactive ketones (excluding diaryl/α,β-unsaturated/α-hetero) is 1. The highest BCUT2D eigenvalue weighted by atomic mass is 79.9. The molecule has 0 aromatic heterocycles. The second kappa shape index (κ2) is 5.66. The van der Waals surface area contributed by atoms with Crippen LogP contribution >= 0.6 is 28.6 Å². The van der Waals surface area contributed by atoms with Gasteiger partial charge < -0.3 is 10.2 Å². The first-order chi connectivity index (χ1) is 7.84. The van der Waals surface area contributed by atoms with Gasteiger partial charge in [0.1, 0.15) is 5.78 Å². The van der Waals surface area contributed by atoms with E-state index in [1.165, 1.54) is 13.0 Å². The SMILES string of the molecule is CC(=O)C(Br)c1ccc(C(O)C(=O)O)c(S)c1. The van der Waals surface area contributed by atoms with Crippen LogP contribution in [0.2, 0.25) is 0 Å². The van der Waals surface area contributed by atoms with Crippen LogP contribution in [0.1, 0.15) is 29.0 Å². The van der Waals surface area contributed by atoms with Crippen LogP contribution in [-0.2, 0) is 9.59 Å². The summed E-state index contributed by atoms with van der Waals surface area (Å²) in [5.41, 5.74) is 0.872. The molecule has 0 saturated heterocycles. The number of halogens is 1. The van der Waals surface area contributed by atoms with Crippen LogP contribution in [0.15, 0.2) is 23.1 Å². The van der Waals surface area contributed by atoms with Gasteiger partial charge in [-0.3, -0.25) is 4.79 Å². The van der Waals surface area contributed by atoms with Gasteiger partial charge in [-0.05, 0) is 18.6 Å².